The van der Waals surface area contributed by atoms with Gasteiger partial charge in [-0.3, -0.25) is 4.90 Å². The van der Waals surface area contributed by atoms with Crippen molar-refractivity contribution < 1.29 is 4.74 Å². The number of para-hydroxylation sites is 1. The molecule has 2 rings (SSSR count). The van der Waals surface area contributed by atoms with E-state index in [1.54, 1.807) is 0 Å². The summed E-state index contributed by atoms with van der Waals surface area (Å²) in [6.45, 7) is 6.14. The first-order valence-corrected chi connectivity index (χ1v) is 4.78. The van der Waals surface area contributed by atoms with Crippen LogP contribution in [0.4, 0.5) is 0 Å². The summed E-state index contributed by atoms with van der Waals surface area (Å²) in [5.41, 5.74) is 1.30. The van der Waals surface area contributed by atoms with Crippen LogP contribution in [0.1, 0.15) is 25.5 Å². The first-order chi connectivity index (χ1) is 6.33. The lowest BCUT2D eigenvalue weighted by Crippen LogP contribution is -2.34. The van der Waals surface area contributed by atoms with Gasteiger partial charge in [-0.05, 0) is 19.5 Å². The molecule has 13 heavy (non-hydrogen) atoms. The Kier molecular flexibility index (Phi) is 2.23. The molecule has 0 aliphatic carbocycles. The Bertz CT molecular complexity index is 298. The lowest BCUT2D eigenvalue weighted by Gasteiger charge is -2.33. The van der Waals surface area contributed by atoms with Crippen LogP contribution in [0.15, 0.2) is 24.3 Å². The van der Waals surface area contributed by atoms with Crippen LogP contribution in [0.3, 0.4) is 0 Å². The van der Waals surface area contributed by atoms with Gasteiger partial charge in [-0.1, -0.05) is 25.1 Å². The molecule has 0 N–H and O–H groups in total. The molecule has 0 bridgehead atoms. The number of nitrogens with zero attached hydrogens (tertiary/aromatic N) is 1. The van der Waals surface area contributed by atoms with Gasteiger partial charge in [-0.25, -0.2) is 0 Å². The average Bonchev–Trinajstić information content (AvgIpc) is 2.19. The number of rotatable bonds is 1. The molecule has 1 aliphatic rings. The monoisotopic (exact) mass is 177 g/mol. The predicted octanol–water partition coefficient (Wildman–Crippen LogP) is 2.42. The van der Waals surface area contributed by atoms with Crippen molar-refractivity contribution in [3.05, 3.63) is 29.8 Å². The van der Waals surface area contributed by atoms with E-state index in [-0.39, 0.29) is 0 Å². The summed E-state index contributed by atoms with van der Waals surface area (Å²) in [4.78, 5) is 2.31. The van der Waals surface area contributed by atoms with Crippen LogP contribution >= 0.6 is 0 Å². The molecular weight excluding hydrogens is 162 g/mol. The quantitative estimate of drug-likeness (QED) is 0.653. The largest absolute Gasteiger partial charge is 0.478 e. The highest BCUT2D eigenvalue weighted by Gasteiger charge is 2.22. The van der Waals surface area contributed by atoms with Gasteiger partial charge in [0.05, 0.1) is 0 Å². The van der Waals surface area contributed by atoms with Crippen molar-refractivity contribution in [2.75, 3.05) is 13.3 Å². The van der Waals surface area contributed by atoms with Gasteiger partial charge in [-0.15, -0.1) is 0 Å². The zero-order valence-corrected chi connectivity index (χ0v) is 8.16. The van der Waals surface area contributed by atoms with E-state index in [1.807, 2.05) is 12.1 Å². The van der Waals surface area contributed by atoms with E-state index in [9.17, 15) is 0 Å². The Morgan fingerprint density at radius 2 is 2.23 bits per heavy atom. The minimum absolute atomic E-state index is 0.481. The Balaban J connectivity index is 2.33. The van der Waals surface area contributed by atoms with Crippen LogP contribution in [0.5, 0.6) is 5.75 Å². The van der Waals surface area contributed by atoms with Gasteiger partial charge in [0.25, 0.3) is 0 Å². The van der Waals surface area contributed by atoms with Crippen molar-refractivity contribution >= 4 is 0 Å². The van der Waals surface area contributed by atoms with Crippen LogP contribution in [0.2, 0.25) is 0 Å². The zero-order chi connectivity index (χ0) is 9.26. The van der Waals surface area contributed by atoms with Gasteiger partial charge < -0.3 is 4.74 Å². The molecular formula is C11H15NO. The van der Waals surface area contributed by atoms with Crippen molar-refractivity contribution in [2.24, 2.45) is 0 Å². The molecule has 0 saturated carbocycles. The molecule has 0 spiro atoms. The van der Waals surface area contributed by atoms with Crippen LogP contribution in [-0.4, -0.2) is 18.2 Å². The maximum Gasteiger partial charge on any atom is 0.142 e. The van der Waals surface area contributed by atoms with Gasteiger partial charge in [-0.2, -0.15) is 0 Å². The normalized spacial score (nSPS) is 22.2. The van der Waals surface area contributed by atoms with Gasteiger partial charge in [0.15, 0.2) is 0 Å². The van der Waals surface area contributed by atoms with Gasteiger partial charge in [0, 0.05) is 11.6 Å². The SMILES string of the molecule is CCN1COc2ccccc2C1C. The molecule has 1 unspecified atom stereocenters. The Morgan fingerprint density at radius 3 is 3.00 bits per heavy atom. The number of hydrogen-bond acceptors (Lipinski definition) is 2. The summed E-state index contributed by atoms with van der Waals surface area (Å²) < 4.78 is 5.62. The fourth-order valence-electron chi connectivity index (χ4n) is 1.78. The number of hydrogen-bond donors (Lipinski definition) is 0. The Hall–Kier alpha value is -1.02. The van der Waals surface area contributed by atoms with Crippen LogP contribution in [0, 0.1) is 0 Å². The summed E-state index contributed by atoms with van der Waals surface area (Å²) in [6.07, 6.45) is 0. The second-order valence-electron chi connectivity index (χ2n) is 3.39. The van der Waals surface area contributed by atoms with Crippen LogP contribution < -0.4 is 4.74 Å². The third kappa shape index (κ3) is 1.42. The number of fused-ring (bicyclic) bond motifs is 1. The summed E-state index contributed by atoms with van der Waals surface area (Å²) in [6, 6.07) is 8.75. The molecule has 0 aromatic heterocycles. The summed E-state index contributed by atoms with van der Waals surface area (Å²) >= 11 is 0. The highest BCUT2D eigenvalue weighted by atomic mass is 16.5. The van der Waals surface area contributed by atoms with Crippen molar-refractivity contribution in [3.8, 4) is 5.75 Å². The highest BCUT2D eigenvalue weighted by Crippen LogP contribution is 2.32. The van der Waals surface area contributed by atoms with E-state index < -0.39 is 0 Å². The van der Waals surface area contributed by atoms with Gasteiger partial charge >= 0.3 is 0 Å². The maximum atomic E-state index is 5.62. The minimum atomic E-state index is 0.481. The maximum absolute atomic E-state index is 5.62. The summed E-state index contributed by atoms with van der Waals surface area (Å²) in [7, 11) is 0. The van der Waals surface area contributed by atoms with Gasteiger partial charge in [0.1, 0.15) is 12.5 Å². The first kappa shape index (κ1) is 8.57. The zero-order valence-electron chi connectivity index (χ0n) is 8.16. The third-order valence-corrected chi connectivity index (χ3v) is 2.71. The molecule has 0 fully saturated rings. The van der Waals surface area contributed by atoms with Gasteiger partial charge in [0.2, 0.25) is 0 Å². The van der Waals surface area contributed by atoms with E-state index in [2.05, 4.69) is 30.9 Å². The molecule has 0 saturated heterocycles. The molecule has 0 amide bonds. The molecule has 2 nitrogen and oxygen atoms in total. The lowest BCUT2D eigenvalue weighted by molar-refractivity contribution is 0.0703. The number of ether oxygens (including phenoxy) is 1. The molecule has 1 atom stereocenters. The van der Waals surface area contributed by atoms with Crippen LogP contribution in [-0.2, 0) is 0 Å². The molecule has 1 aromatic carbocycles. The van der Waals surface area contributed by atoms with E-state index in [0.717, 1.165) is 12.3 Å². The van der Waals surface area contributed by atoms with E-state index in [4.69, 9.17) is 4.74 Å². The van der Waals surface area contributed by atoms with Crippen LogP contribution in [0.25, 0.3) is 0 Å². The Labute approximate surface area is 79.1 Å². The highest BCUT2D eigenvalue weighted by molar-refractivity contribution is 5.36. The molecule has 1 aromatic rings. The van der Waals surface area contributed by atoms with Crippen molar-refractivity contribution in [2.45, 2.75) is 19.9 Å². The fraction of sp³-hybridized carbons (Fsp3) is 0.455. The lowest BCUT2D eigenvalue weighted by atomic mass is 10.1. The molecule has 2 heteroatoms. The van der Waals surface area contributed by atoms with Crippen molar-refractivity contribution in [1.29, 1.82) is 0 Å². The van der Waals surface area contributed by atoms with E-state index in [1.165, 1.54) is 5.56 Å². The smallest absolute Gasteiger partial charge is 0.142 e. The predicted molar refractivity (Wildman–Crippen MR) is 52.7 cm³/mol. The molecule has 70 valence electrons. The van der Waals surface area contributed by atoms with E-state index >= 15 is 0 Å². The molecule has 1 heterocycles. The van der Waals surface area contributed by atoms with E-state index in [0.29, 0.717) is 12.8 Å². The third-order valence-electron chi connectivity index (χ3n) is 2.71. The standard InChI is InChI=1S/C11H15NO/c1-3-12-8-13-11-7-5-4-6-10(11)9(12)2/h4-7,9H,3,8H2,1-2H3. The van der Waals surface area contributed by atoms with Crippen molar-refractivity contribution in [3.63, 3.8) is 0 Å². The second kappa shape index (κ2) is 3.38. The first-order valence-electron chi connectivity index (χ1n) is 4.78. The molecule has 1 aliphatic heterocycles. The summed E-state index contributed by atoms with van der Waals surface area (Å²) in [5, 5.41) is 0. The Morgan fingerprint density at radius 1 is 1.46 bits per heavy atom. The average molecular weight is 177 g/mol. The topological polar surface area (TPSA) is 12.5 Å². The second-order valence-corrected chi connectivity index (χ2v) is 3.39. The summed E-state index contributed by atoms with van der Waals surface area (Å²) in [5.74, 6) is 1.04. The number of benzene rings is 1. The van der Waals surface area contributed by atoms with Crippen molar-refractivity contribution in [1.82, 2.24) is 4.90 Å². The minimum Gasteiger partial charge on any atom is -0.478 e. The molecule has 0 radical (unpaired) electrons. The fourth-order valence-corrected chi connectivity index (χ4v) is 1.78.